The smallest absolute Gasteiger partial charge is 0.381 e. The Balaban J connectivity index is 1.95. The number of nitrogens with two attached hydrogens (primary N) is 1. The first kappa shape index (κ1) is 23.6. The first-order valence-corrected chi connectivity index (χ1v) is 12.3. The van der Waals surface area contributed by atoms with Gasteiger partial charge in [-0.2, -0.15) is 13.6 Å². The lowest BCUT2D eigenvalue weighted by molar-refractivity contribution is -0.00692. The maximum absolute atomic E-state index is 13.5. The Morgan fingerprint density at radius 3 is 2.54 bits per heavy atom. The highest BCUT2D eigenvalue weighted by Gasteiger charge is 2.41. The van der Waals surface area contributed by atoms with Gasteiger partial charge < -0.3 is 30.0 Å². The summed E-state index contributed by atoms with van der Waals surface area (Å²) in [5.41, 5.74) is 3.26. The fourth-order valence-corrected chi connectivity index (χ4v) is 5.91. The first-order chi connectivity index (χ1) is 12.7. The van der Waals surface area contributed by atoms with Gasteiger partial charge in [0.15, 0.2) is 11.6 Å². The lowest BCUT2D eigenvalue weighted by Gasteiger charge is -2.18. The van der Waals surface area contributed by atoms with E-state index >= 15 is 0 Å². The molecule has 1 aliphatic heterocycles. The van der Waals surface area contributed by atoms with Crippen molar-refractivity contribution in [2.24, 2.45) is 0 Å². The quantitative estimate of drug-likeness (QED) is 0.301. The van der Waals surface area contributed by atoms with Gasteiger partial charge in [-0.3, -0.25) is 9.09 Å². The van der Waals surface area contributed by atoms with Gasteiger partial charge in [-0.1, -0.05) is 0 Å². The molecule has 0 aromatic carbocycles. The number of ether oxygens (including phenoxy) is 1. The van der Waals surface area contributed by atoms with Crippen LogP contribution in [0.15, 0.2) is 11.0 Å². The van der Waals surface area contributed by atoms with Crippen molar-refractivity contribution in [2.45, 2.75) is 11.7 Å². The van der Waals surface area contributed by atoms with Crippen molar-refractivity contribution < 1.29 is 55.5 Å². The monoisotopic (exact) mass is 487 g/mol. The number of hydrogen-bond acceptors (Lipinski definition) is 11. The molecular weight excluding hydrogens is 474 g/mol. The van der Waals surface area contributed by atoms with Gasteiger partial charge in [0.2, 0.25) is 0 Å². The van der Waals surface area contributed by atoms with Crippen molar-refractivity contribution in [3.8, 4) is 0 Å². The van der Waals surface area contributed by atoms with E-state index in [1.165, 1.54) is 0 Å². The summed E-state index contributed by atoms with van der Waals surface area (Å²) in [7, 11) is -16.4. The van der Waals surface area contributed by atoms with Crippen LogP contribution in [-0.2, 0) is 31.6 Å². The SMILES string of the molecule is Nc1nc(=O)n([C@@H]2CSC(COP(=O)(O)OP(=O)(O)OP(=O)(O)O)O2)cc1F. The van der Waals surface area contributed by atoms with Crippen LogP contribution in [0.25, 0.3) is 0 Å². The van der Waals surface area contributed by atoms with E-state index in [2.05, 4.69) is 18.1 Å². The van der Waals surface area contributed by atoms with Gasteiger partial charge in [-0.15, -0.1) is 11.8 Å². The topological polar surface area (TPSA) is 230 Å². The zero-order valence-corrected chi connectivity index (χ0v) is 16.8. The molecule has 0 saturated carbocycles. The fourth-order valence-electron chi connectivity index (χ4n) is 1.80. The predicted octanol–water partition coefficient (Wildman–Crippen LogP) is -0.104. The van der Waals surface area contributed by atoms with Crippen LogP contribution in [-0.4, -0.2) is 46.9 Å². The molecule has 0 amide bonds. The minimum Gasteiger partial charge on any atom is -0.381 e. The number of aromatic nitrogens is 2. The summed E-state index contributed by atoms with van der Waals surface area (Å²) in [6, 6.07) is 0. The zero-order valence-electron chi connectivity index (χ0n) is 13.3. The molecule has 1 fully saturated rings. The van der Waals surface area contributed by atoms with Crippen molar-refractivity contribution in [3.63, 3.8) is 0 Å². The van der Waals surface area contributed by atoms with Crippen LogP contribution in [0.1, 0.15) is 6.23 Å². The highest BCUT2D eigenvalue weighted by Crippen LogP contribution is 2.66. The summed E-state index contributed by atoms with van der Waals surface area (Å²) in [5.74, 6) is -1.49. The molecule has 6 N–H and O–H groups in total. The van der Waals surface area contributed by atoms with Gasteiger partial charge in [0.1, 0.15) is 11.7 Å². The Bertz CT molecular complexity index is 937. The summed E-state index contributed by atoms with van der Waals surface area (Å²) >= 11 is 0.969. The van der Waals surface area contributed by atoms with Crippen LogP contribution in [0, 0.1) is 5.82 Å². The highest BCUT2D eigenvalue weighted by atomic mass is 32.2. The third kappa shape index (κ3) is 6.99. The number of hydrogen-bond donors (Lipinski definition) is 5. The molecule has 1 aliphatic rings. The Labute approximate surface area is 159 Å². The molecule has 160 valence electrons. The molecule has 2 heterocycles. The summed E-state index contributed by atoms with van der Waals surface area (Å²) in [6.07, 6.45) is -0.254. The molecule has 3 unspecified atom stereocenters. The Hall–Kier alpha value is -0.670. The van der Waals surface area contributed by atoms with Crippen molar-refractivity contribution in [1.29, 1.82) is 0 Å². The van der Waals surface area contributed by atoms with Gasteiger partial charge in [0.05, 0.1) is 12.8 Å². The molecule has 0 radical (unpaired) electrons. The minimum atomic E-state index is -5.63. The zero-order chi connectivity index (χ0) is 21.3. The Morgan fingerprint density at radius 1 is 1.29 bits per heavy atom. The van der Waals surface area contributed by atoms with Crippen molar-refractivity contribution in [1.82, 2.24) is 9.55 Å². The fraction of sp³-hybridized carbons (Fsp3) is 0.500. The van der Waals surface area contributed by atoms with Crippen molar-refractivity contribution in [3.05, 3.63) is 22.5 Å². The third-order valence-electron chi connectivity index (χ3n) is 2.77. The average molecular weight is 487 g/mol. The Morgan fingerprint density at radius 2 is 1.93 bits per heavy atom. The number of thioether (sulfide) groups is 1. The van der Waals surface area contributed by atoms with Crippen LogP contribution in [0.5, 0.6) is 0 Å². The second-order valence-corrected chi connectivity index (χ2v) is 10.5. The molecule has 15 nitrogen and oxygen atoms in total. The average Bonchev–Trinajstić information content (AvgIpc) is 2.94. The van der Waals surface area contributed by atoms with Gasteiger partial charge in [0.25, 0.3) is 0 Å². The van der Waals surface area contributed by atoms with E-state index in [4.69, 9.17) is 25.2 Å². The Kier molecular flexibility index (Phi) is 7.25. The third-order valence-corrected chi connectivity index (χ3v) is 7.67. The first-order valence-electron chi connectivity index (χ1n) is 6.77. The van der Waals surface area contributed by atoms with Gasteiger partial charge in [0, 0.05) is 5.75 Å². The molecular formula is C8H13FN3O12P3S. The summed E-state index contributed by atoms with van der Waals surface area (Å²) in [5, 5.41) is 0. The van der Waals surface area contributed by atoms with Crippen molar-refractivity contribution >= 4 is 41.0 Å². The highest BCUT2D eigenvalue weighted by molar-refractivity contribution is 8.00. The molecule has 0 aliphatic carbocycles. The van der Waals surface area contributed by atoms with E-state index in [1.54, 1.807) is 0 Å². The summed E-state index contributed by atoms with van der Waals surface area (Å²) in [4.78, 5) is 50.2. The lowest BCUT2D eigenvalue weighted by atomic mass is 10.5. The van der Waals surface area contributed by atoms with Crippen LogP contribution in [0.4, 0.5) is 10.2 Å². The molecule has 1 aromatic rings. The van der Waals surface area contributed by atoms with Crippen molar-refractivity contribution in [2.75, 3.05) is 18.1 Å². The second-order valence-electron chi connectivity index (χ2n) is 4.90. The molecule has 2 rings (SSSR count). The van der Waals surface area contributed by atoms with Gasteiger partial charge >= 0.3 is 29.2 Å². The standard InChI is InChI=1S/C8H13FN3O12P3S/c9-4-1-12(8(13)11-7(4)10)5-3-28-6(22-5)2-21-26(17,18)24-27(19,20)23-25(14,15)16/h1,5-6H,2-3H2,(H,17,18)(H,19,20)(H2,10,11,13)(H2,14,15,16)/t5-,6?/m0/s1. The maximum atomic E-state index is 13.5. The molecule has 0 spiro atoms. The number of halogens is 1. The number of phosphoric acid groups is 3. The summed E-state index contributed by atoms with van der Waals surface area (Å²) < 4.78 is 64.4. The lowest BCUT2D eigenvalue weighted by Crippen LogP contribution is -2.30. The van der Waals surface area contributed by atoms with E-state index in [1.807, 2.05) is 0 Å². The number of rotatable bonds is 8. The van der Waals surface area contributed by atoms with Crippen LogP contribution >= 0.6 is 35.2 Å². The van der Waals surface area contributed by atoms with Gasteiger partial charge in [-0.05, 0) is 0 Å². The van der Waals surface area contributed by atoms with E-state index in [-0.39, 0.29) is 5.75 Å². The van der Waals surface area contributed by atoms with E-state index < -0.39 is 59.1 Å². The van der Waals surface area contributed by atoms with E-state index in [0.717, 1.165) is 22.5 Å². The number of phosphoric ester groups is 1. The van der Waals surface area contributed by atoms with Gasteiger partial charge in [-0.25, -0.2) is 22.9 Å². The minimum absolute atomic E-state index is 0.0787. The molecule has 1 aromatic heterocycles. The second kappa shape index (κ2) is 8.60. The molecule has 1 saturated heterocycles. The number of anilines is 1. The number of nitrogens with zero attached hydrogens (tertiary/aromatic N) is 2. The van der Waals surface area contributed by atoms with E-state index in [0.29, 0.717) is 0 Å². The molecule has 4 atom stereocenters. The molecule has 0 bridgehead atoms. The van der Waals surface area contributed by atoms with Crippen LogP contribution in [0.2, 0.25) is 0 Å². The largest absolute Gasteiger partial charge is 0.490 e. The van der Waals surface area contributed by atoms with E-state index in [9.17, 15) is 27.8 Å². The normalized spacial score (nSPS) is 24.6. The van der Waals surface area contributed by atoms with Crippen LogP contribution in [0.3, 0.4) is 0 Å². The molecule has 28 heavy (non-hydrogen) atoms. The predicted molar refractivity (Wildman–Crippen MR) is 89.1 cm³/mol. The van der Waals surface area contributed by atoms with Crippen LogP contribution < -0.4 is 11.4 Å². The molecule has 20 heteroatoms. The maximum Gasteiger partial charge on any atom is 0.490 e. The summed E-state index contributed by atoms with van der Waals surface area (Å²) in [6.45, 7) is -0.718. The number of nitrogen functional groups attached to an aromatic ring is 1.